The maximum absolute atomic E-state index is 17.0. The summed E-state index contributed by atoms with van der Waals surface area (Å²) in [4.78, 5) is 48.4. The van der Waals surface area contributed by atoms with Gasteiger partial charge < -0.3 is 18.9 Å². The topological polar surface area (TPSA) is 160 Å². The number of nitrogens with zero attached hydrogens (tertiary/aromatic N) is 1. The maximum Gasteiger partial charge on any atom is 0.330 e. The summed E-state index contributed by atoms with van der Waals surface area (Å²) in [5, 5.41) is -3.58. The average molecular weight is 500 g/mol. The minimum atomic E-state index is -5.07. The summed E-state index contributed by atoms with van der Waals surface area (Å²) in [6.45, 7) is 1.28. The van der Waals surface area contributed by atoms with E-state index in [-0.39, 0.29) is 5.75 Å². The standard InChI is InChI=1S/C20H21FN2O10S/c1-11(24)31-10-15-17(32-12(2)25)20(21,18(33-15)23-9-8-16(26)22-19(23)27)34(28,29)14-6-4-13(30-3)5-7-14/h4-9,15,17-18H,10H2,1-3H3,(H,22,26,27)/t15-,17-,18-,20+/m1/s1. The van der Waals surface area contributed by atoms with Crippen LogP contribution < -0.4 is 16.0 Å². The zero-order valence-electron chi connectivity index (χ0n) is 18.2. The summed E-state index contributed by atoms with van der Waals surface area (Å²) >= 11 is 0. The van der Waals surface area contributed by atoms with Crippen molar-refractivity contribution in [2.75, 3.05) is 13.7 Å². The first-order chi connectivity index (χ1) is 15.9. The number of sulfone groups is 1. The van der Waals surface area contributed by atoms with Gasteiger partial charge in [0.1, 0.15) is 18.5 Å². The highest BCUT2D eigenvalue weighted by atomic mass is 32.2. The van der Waals surface area contributed by atoms with Crippen LogP contribution >= 0.6 is 0 Å². The van der Waals surface area contributed by atoms with Gasteiger partial charge in [0.2, 0.25) is 9.84 Å². The third kappa shape index (κ3) is 4.46. The Labute approximate surface area is 192 Å². The normalized spacial score (nSPS) is 24.4. The number of carbonyl (C=O) groups excluding carboxylic acids is 2. The number of alkyl halides is 1. The van der Waals surface area contributed by atoms with Gasteiger partial charge in [0.05, 0.1) is 12.0 Å². The molecule has 0 amide bonds. The molecule has 1 aromatic heterocycles. The largest absolute Gasteiger partial charge is 0.497 e. The number of aromatic amines is 1. The van der Waals surface area contributed by atoms with Crippen LogP contribution in [0.1, 0.15) is 20.1 Å². The molecule has 1 N–H and O–H groups in total. The molecule has 0 saturated carbocycles. The van der Waals surface area contributed by atoms with E-state index in [1.165, 1.54) is 19.2 Å². The molecule has 1 aromatic carbocycles. The zero-order valence-corrected chi connectivity index (χ0v) is 19.0. The second-order valence-corrected chi connectivity index (χ2v) is 9.36. The van der Waals surface area contributed by atoms with Crippen molar-refractivity contribution >= 4 is 21.8 Å². The molecule has 0 unspecified atom stereocenters. The lowest BCUT2D eigenvalue weighted by atomic mass is 10.1. The predicted molar refractivity (Wildman–Crippen MR) is 111 cm³/mol. The van der Waals surface area contributed by atoms with E-state index in [0.717, 1.165) is 38.2 Å². The zero-order chi connectivity index (χ0) is 25.3. The van der Waals surface area contributed by atoms with E-state index in [1.54, 1.807) is 0 Å². The number of carbonyl (C=O) groups is 2. The maximum atomic E-state index is 17.0. The predicted octanol–water partition coefficient (Wildman–Crippen LogP) is 0.0771. The number of ether oxygens (including phenoxy) is 4. The summed E-state index contributed by atoms with van der Waals surface area (Å²) in [7, 11) is -3.72. The summed E-state index contributed by atoms with van der Waals surface area (Å²) in [6, 6.07) is 5.51. The molecule has 1 aliphatic rings. The molecule has 2 aromatic rings. The van der Waals surface area contributed by atoms with Crippen LogP contribution in [0.2, 0.25) is 0 Å². The van der Waals surface area contributed by atoms with Crippen LogP contribution in [0.4, 0.5) is 4.39 Å². The first-order valence-corrected chi connectivity index (χ1v) is 11.2. The number of benzene rings is 1. The molecule has 0 spiro atoms. The van der Waals surface area contributed by atoms with Gasteiger partial charge in [0, 0.05) is 26.1 Å². The highest BCUT2D eigenvalue weighted by Gasteiger charge is 2.69. The van der Waals surface area contributed by atoms with Gasteiger partial charge in [0.25, 0.3) is 10.6 Å². The molecule has 1 fully saturated rings. The van der Waals surface area contributed by atoms with Crippen LogP contribution in [-0.4, -0.2) is 60.8 Å². The summed E-state index contributed by atoms with van der Waals surface area (Å²) < 4.78 is 65.0. The molecule has 34 heavy (non-hydrogen) atoms. The third-order valence-corrected chi connectivity index (χ3v) is 7.15. The van der Waals surface area contributed by atoms with E-state index in [4.69, 9.17) is 18.9 Å². The molecular weight excluding hydrogens is 479 g/mol. The van der Waals surface area contributed by atoms with Crippen LogP contribution in [0.3, 0.4) is 0 Å². The molecule has 2 heterocycles. The third-order valence-electron chi connectivity index (χ3n) is 5.00. The van der Waals surface area contributed by atoms with Crippen molar-refractivity contribution in [2.45, 2.75) is 42.2 Å². The smallest absolute Gasteiger partial charge is 0.330 e. The van der Waals surface area contributed by atoms with Crippen molar-refractivity contribution in [3.63, 3.8) is 0 Å². The lowest BCUT2D eigenvalue weighted by molar-refractivity contribution is -0.157. The molecule has 0 bridgehead atoms. The van der Waals surface area contributed by atoms with Gasteiger partial charge in [-0.1, -0.05) is 0 Å². The van der Waals surface area contributed by atoms with E-state index < -0.39 is 68.0 Å². The van der Waals surface area contributed by atoms with Gasteiger partial charge in [-0.25, -0.2) is 17.6 Å². The molecule has 0 aliphatic carbocycles. The first kappa shape index (κ1) is 25.1. The average Bonchev–Trinajstić information content (AvgIpc) is 3.05. The molecule has 184 valence electrons. The van der Waals surface area contributed by atoms with E-state index in [0.29, 0.717) is 4.57 Å². The van der Waals surface area contributed by atoms with Crippen molar-refractivity contribution in [1.82, 2.24) is 9.55 Å². The van der Waals surface area contributed by atoms with Crippen molar-refractivity contribution in [3.05, 3.63) is 57.4 Å². The lowest BCUT2D eigenvalue weighted by Crippen LogP contribution is -2.53. The van der Waals surface area contributed by atoms with Crippen LogP contribution in [-0.2, 0) is 33.6 Å². The monoisotopic (exact) mass is 500 g/mol. The fourth-order valence-corrected chi connectivity index (χ4v) is 5.27. The number of esters is 2. The molecule has 3 rings (SSSR count). The number of methoxy groups -OCH3 is 1. The Morgan fingerprint density at radius 2 is 1.79 bits per heavy atom. The van der Waals surface area contributed by atoms with Crippen LogP contribution in [0, 0.1) is 0 Å². The van der Waals surface area contributed by atoms with Gasteiger partial charge >= 0.3 is 17.6 Å². The van der Waals surface area contributed by atoms with E-state index in [2.05, 4.69) is 0 Å². The number of hydrogen-bond acceptors (Lipinski definition) is 10. The lowest BCUT2D eigenvalue weighted by Gasteiger charge is -2.30. The summed E-state index contributed by atoms with van der Waals surface area (Å²) in [6.07, 6.45) is -5.16. The number of hydrogen-bond donors (Lipinski definition) is 1. The fourth-order valence-electron chi connectivity index (χ4n) is 3.47. The van der Waals surface area contributed by atoms with Crippen molar-refractivity contribution in [3.8, 4) is 5.75 Å². The van der Waals surface area contributed by atoms with Gasteiger partial charge in [-0.15, -0.1) is 0 Å². The quantitative estimate of drug-likeness (QED) is 0.516. The van der Waals surface area contributed by atoms with Crippen molar-refractivity contribution in [1.29, 1.82) is 0 Å². The van der Waals surface area contributed by atoms with Crippen LogP contribution in [0.5, 0.6) is 5.75 Å². The molecular formula is C20H21FN2O10S. The molecule has 0 radical (unpaired) electrons. The summed E-state index contributed by atoms with van der Waals surface area (Å²) in [5.74, 6) is -1.56. The molecule has 14 heteroatoms. The SMILES string of the molecule is COc1ccc(S(=O)(=O)[C@@]2(F)[C@H](OC(C)=O)[C@@H](COC(C)=O)O[C@H]2n2ccc(=O)[nH]c2=O)cc1. The molecule has 1 aliphatic heterocycles. The van der Waals surface area contributed by atoms with Crippen molar-refractivity contribution < 1.29 is 41.3 Å². The minimum Gasteiger partial charge on any atom is -0.497 e. The molecule has 4 atom stereocenters. The first-order valence-electron chi connectivity index (χ1n) is 9.77. The van der Waals surface area contributed by atoms with Crippen LogP contribution in [0.25, 0.3) is 0 Å². The highest BCUT2D eigenvalue weighted by molar-refractivity contribution is 7.92. The Morgan fingerprint density at radius 3 is 2.32 bits per heavy atom. The number of nitrogens with one attached hydrogen (secondary N) is 1. The Balaban J connectivity index is 2.24. The minimum absolute atomic E-state index is 0.284. The Bertz CT molecular complexity index is 1300. The molecule has 1 saturated heterocycles. The number of rotatable bonds is 7. The van der Waals surface area contributed by atoms with Crippen LogP contribution in [0.15, 0.2) is 51.0 Å². The number of halogens is 1. The summed E-state index contributed by atoms with van der Waals surface area (Å²) in [5.41, 5.74) is -2.01. The number of H-pyrrole nitrogens is 1. The second kappa shape index (κ2) is 9.38. The Hall–Kier alpha value is -3.52. The van der Waals surface area contributed by atoms with Crippen molar-refractivity contribution in [2.24, 2.45) is 0 Å². The van der Waals surface area contributed by atoms with Gasteiger partial charge in [-0.3, -0.25) is 23.9 Å². The van der Waals surface area contributed by atoms with Gasteiger partial charge in [-0.05, 0) is 24.3 Å². The Kier molecular flexibility index (Phi) is 6.93. The van der Waals surface area contributed by atoms with Gasteiger partial charge in [0.15, 0.2) is 12.3 Å². The van der Waals surface area contributed by atoms with E-state index in [1.807, 2.05) is 4.98 Å². The Morgan fingerprint density at radius 1 is 1.15 bits per heavy atom. The number of aromatic nitrogens is 2. The molecule has 12 nitrogen and oxygen atoms in total. The fraction of sp³-hybridized carbons (Fsp3) is 0.400. The van der Waals surface area contributed by atoms with Gasteiger partial charge in [-0.2, -0.15) is 0 Å². The highest BCUT2D eigenvalue weighted by Crippen LogP contribution is 2.49. The van der Waals surface area contributed by atoms with E-state index >= 15 is 4.39 Å². The second-order valence-electron chi connectivity index (χ2n) is 7.25. The van der Waals surface area contributed by atoms with E-state index in [9.17, 15) is 27.6 Å².